The zero-order chi connectivity index (χ0) is 19.5. The van der Waals surface area contributed by atoms with Crippen LogP contribution in [0, 0.1) is 0 Å². The molecule has 8 nitrogen and oxygen atoms in total. The molecule has 8 heteroatoms. The smallest absolute Gasteiger partial charge is 0.242 e. The average molecular weight is 376 g/mol. The van der Waals surface area contributed by atoms with Gasteiger partial charge in [0.2, 0.25) is 5.91 Å². The molecular weight excluding hydrogens is 356 g/mol. The molecule has 2 heterocycles. The van der Waals surface area contributed by atoms with E-state index in [0.717, 1.165) is 28.2 Å². The maximum atomic E-state index is 12.8. The minimum atomic E-state index is -0.395. The average Bonchev–Trinajstić information content (AvgIpc) is 3.33. The van der Waals surface area contributed by atoms with Crippen LogP contribution >= 0.6 is 0 Å². The number of methoxy groups -OCH3 is 1. The van der Waals surface area contributed by atoms with E-state index in [2.05, 4.69) is 20.6 Å². The highest BCUT2D eigenvalue weighted by Crippen LogP contribution is 2.23. The van der Waals surface area contributed by atoms with Gasteiger partial charge in [0.1, 0.15) is 29.7 Å². The summed E-state index contributed by atoms with van der Waals surface area (Å²) in [7, 11) is 3.52. The Labute approximate surface area is 161 Å². The van der Waals surface area contributed by atoms with Crippen LogP contribution in [-0.4, -0.2) is 37.6 Å². The highest BCUT2D eigenvalue weighted by molar-refractivity contribution is 5.80. The first-order valence-corrected chi connectivity index (χ1v) is 8.84. The largest absolute Gasteiger partial charge is 0.497 e. The molecule has 0 aliphatic carbocycles. The van der Waals surface area contributed by atoms with Gasteiger partial charge in [0, 0.05) is 19.4 Å². The number of hydrogen-bond donors (Lipinski definition) is 1. The lowest BCUT2D eigenvalue weighted by Gasteiger charge is -2.19. The van der Waals surface area contributed by atoms with Gasteiger partial charge >= 0.3 is 0 Å². The molecule has 0 radical (unpaired) electrons. The summed E-state index contributed by atoms with van der Waals surface area (Å²) >= 11 is 0. The van der Waals surface area contributed by atoms with Crippen molar-refractivity contribution < 1.29 is 9.53 Å². The summed E-state index contributed by atoms with van der Waals surface area (Å²) in [6, 6.07) is 14.7. The SMILES string of the molecule is COc1ccc(C(NC(=O)Cn2nnc3ccccc32)c2nccn2C)cc1. The molecule has 4 rings (SSSR count). The summed E-state index contributed by atoms with van der Waals surface area (Å²) in [6.45, 7) is 0.0671. The number of para-hydroxylation sites is 1. The van der Waals surface area contributed by atoms with Crippen LogP contribution in [0.4, 0.5) is 0 Å². The van der Waals surface area contributed by atoms with Gasteiger partial charge < -0.3 is 14.6 Å². The van der Waals surface area contributed by atoms with Crippen molar-refractivity contribution >= 4 is 16.9 Å². The van der Waals surface area contributed by atoms with Gasteiger partial charge in [-0.05, 0) is 29.8 Å². The third-order valence-corrected chi connectivity index (χ3v) is 4.58. The maximum Gasteiger partial charge on any atom is 0.242 e. The molecule has 4 aromatic rings. The Balaban J connectivity index is 1.60. The first kappa shape index (κ1) is 17.7. The predicted molar refractivity (Wildman–Crippen MR) is 104 cm³/mol. The molecule has 2 aromatic heterocycles. The van der Waals surface area contributed by atoms with Crippen LogP contribution in [0.15, 0.2) is 60.9 Å². The number of amides is 1. The molecule has 2 aromatic carbocycles. The van der Waals surface area contributed by atoms with Gasteiger partial charge in [-0.25, -0.2) is 9.67 Å². The summed E-state index contributed by atoms with van der Waals surface area (Å²) in [4.78, 5) is 17.2. The van der Waals surface area contributed by atoms with Crippen LogP contribution in [-0.2, 0) is 18.4 Å². The second kappa shape index (κ2) is 7.51. The molecular formula is C20H20N6O2. The van der Waals surface area contributed by atoms with Crippen molar-refractivity contribution in [3.63, 3.8) is 0 Å². The molecule has 0 fully saturated rings. The van der Waals surface area contributed by atoms with Gasteiger partial charge in [-0.2, -0.15) is 0 Å². The molecule has 1 amide bonds. The van der Waals surface area contributed by atoms with E-state index in [1.165, 1.54) is 0 Å². The van der Waals surface area contributed by atoms with E-state index >= 15 is 0 Å². The van der Waals surface area contributed by atoms with Gasteiger partial charge in [-0.3, -0.25) is 4.79 Å². The van der Waals surface area contributed by atoms with Gasteiger partial charge in [0.05, 0.1) is 12.6 Å². The topological polar surface area (TPSA) is 86.9 Å². The van der Waals surface area contributed by atoms with Crippen molar-refractivity contribution in [3.8, 4) is 5.75 Å². The molecule has 142 valence electrons. The van der Waals surface area contributed by atoms with Gasteiger partial charge in [-0.1, -0.05) is 29.5 Å². The number of hydrogen-bond acceptors (Lipinski definition) is 5. The third-order valence-electron chi connectivity index (χ3n) is 4.58. The second-order valence-electron chi connectivity index (χ2n) is 6.41. The van der Waals surface area contributed by atoms with E-state index in [1.807, 2.05) is 66.3 Å². The lowest BCUT2D eigenvalue weighted by molar-refractivity contribution is -0.122. The van der Waals surface area contributed by atoms with Crippen molar-refractivity contribution in [2.75, 3.05) is 7.11 Å². The predicted octanol–water partition coefficient (Wildman–Crippen LogP) is 2.08. The van der Waals surface area contributed by atoms with Crippen molar-refractivity contribution in [2.45, 2.75) is 12.6 Å². The van der Waals surface area contributed by atoms with Gasteiger partial charge in [0.15, 0.2) is 0 Å². The standard InChI is InChI=1S/C20H20N6O2/c1-25-12-11-21-20(25)19(14-7-9-15(28-2)10-8-14)22-18(27)13-26-17-6-4-3-5-16(17)23-24-26/h3-12,19H,13H2,1-2H3,(H,22,27). The fourth-order valence-corrected chi connectivity index (χ4v) is 3.13. The fraction of sp³-hybridized carbons (Fsp3) is 0.200. The first-order valence-electron chi connectivity index (χ1n) is 8.84. The first-order chi connectivity index (χ1) is 13.7. The highest BCUT2D eigenvalue weighted by Gasteiger charge is 2.21. The normalized spacial score (nSPS) is 12.1. The summed E-state index contributed by atoms with van der Waals surface area (Å²) in [5.74, 6) is 1.31. The van der Waals surface area contributed by atoms with E-state index in [9.17, 15) is 4.79 Å². The monoisotopic (exact) mass is 376 g/mol. The summed E-state index contributed by atoms with van der Waals surface area (Å²) < 4.78 is 8.71. The number of fused-ring (bicyclic) bond motifs is 1. The van der Waals surface area contributed by atoms with Crippen LogP contribution in [0.25, 0.3) is 11.0 Å². The molecule has 0 saturated carbocycles. The zero-order valence-corrected chi connectivity index (χ0v) is 15.6. The quantitative estimate of drug-likeness (QED) is 0.557. The summed E-state index contributed by atoms with van der Waals surface area (Å²) in [5.41, 5.74) is 2.48. The Morgan fingerprint density at radius 1 is 1.18 bits per heavy atom. The van der Waals surface area contributed by atoms with E-state index in [-0.39, 0.29) is 12.5 Å². The Morgan fingerprint density at radius 3 is 2.68 bits per heavy atom. The number of carbonyl (C=O) groups is 1. The number of nitrogens with zero attached hydrogens (tertiary/aromatic N) is 5. The summed E-state index contributed by atoms with van der Waals surface area (Å²) in [5, 5.41) is 11.2. The van der Waals surface area contributed by atoms with Crippen LogP contribution in [0.3, 0.4) is 0 Å². The van der Waals surface area contributed by atoms with Crippen molar-refractivity contribution in [1.82, 2.24) is 29.9 Å². The maximum absolute atomic E-state index is 12.8. The zero-order valence-electron chi connectivity index (χ0n) is 15.6. The van der Waals surface area contributed by atoms with Crippen LogP contribution < -0.4 is 10.1 Å². The molecule has 28 heavy (non-hydrogen) atoms. The van der Waals surface area contributed by atoms with Gasteiger partial charge in [-0.15, -0.1) is 5.10 Å². The van der Waals surface area contributed by atoms with Crippen molar-refractivity contribution in [3.05, 3.63) is 72.3 Å². The van der Waals surface area contributed by atoms with E-state index in [4.69, 9.17) is 4.74 Å². The number of ether oxygens (including phenoxy) is 1. The number of imidazole rings is 1. The minimum Gasteiger partial charge on any atom is -0.497 e. The number of rotatable bonds is 6. The Hall–Kier alpha value is -3.68. The van der Waals surface area contributed by atoms with Gasteiger partial charge in [0.25, 0.3) is 0 Å². The molecule has 1 atom stereocenters. The fourth-order valence-electron chi connectivity index (χ4n) is 3.13. The van der Waals surface area contributed by atoms with E-state index in [0.29, 0.717) is 0 Å². The van der Waals surface area contributed by atoms with Crippen LogP contribution in [0.5, 0.6) is 5.75 Å². The molecule has 1 N–H and O–H groups in total. The van der Waals surface area contributed by atoms with Crippen molar-refractivity contribution in [1.29, 1.82) is 0 Å². The summed E-state index contributed by atoms with van der Waals surface area (Å²) in [6.07, 6.45) is 3.56. The number of aryl methyl sites for hydroxylation is 1. The number of carbonyl (C=O) groups excluding carboxylic acids is 1. The molecule has 0 spiro atoms. The number of benzene rings is 2. The Bertz CT molecular complexity index is 1100. The molecule has 0 saturated heterocycles. The van der Waals surface area contributed by atoms with E-state index in [1.54, 1.807) is 18.0 Å². The number of aromatic nitrogens is 5. The Kier molecular flexibility index (Phi) is 4.76. The molecule has 0 aliphatic heterocycles. The van der Waals surface area contributed by atoms with Crippen molar-refractivity contribution in [2.24, 2.45) is 7.05 Å². The molecule has 0 bridgehead atoms. The molecule has 1 unspecified atom stereocenters. The third kappa shape index (κ3) is 3.44. The molecule has 0 aliphatic rings. The van der Waals surface area contributed by atoms with E-state index < -0.39 is 6.04 Å². The Morgan fingerprint density at radius 2 is 1.96 bits per heavy atom. The number of nitrogens with one attached hydrogen (secondary N) is 1. The lowest BCUT2D eigenvalue weighted by atomic mass is 10.1. The van der Waals surface area contributed by atoms with Crippen LogP contribution in [0.1, 0.15) is 17.4 Å². The van der Waals surface area contributed by atoms with Crippen LogP contribution in [0.2, 0.25) is 0 Å². The lowest BCUT2D eigenvalue weighted by Crippen LogP contribution is -2.33. The highest BCUT2D eigenvalue weighted by atomic mass is 16.5. The minimum absolute atomic E-state index is 0.0671. The second-order valence-corrected chi connectivity index (χ2v) is 6.41.